The summed E-state index contributed by atoms with van der Waals surface area (Å²) in [7, 11) is 0. The standard InChI is InChI=1S/C15H24N4O3/c20-14-2-1-13(17-18-14)15(21)16-12-3-6-19(7-4-12)9-11-5-8-22-10-11/h11-12H,1-10H2,(H,16,21)(H,18,20). The quantitative estimate of drug-likeness (QED) is 0.758. The zero-order valence-corrected chi connectivity index (χ0v) is 12.8. The SMILES string of the molecule is O=C1CCC(C(=O)NC2CCN(CC3CCOC3)CC2)=NN1. The van der Waals surface area contributed by atoms with Gasteiger partial charge < -0.3 is 15.0 Å². The highest BCUT2D eigenvalue weighted by atomic mass is 16.5. The largest absolute Gasteiger partial charge is 0.381 e. The van der Waals surface area contributed by atoms with Crippen LogP contribution in [0.5, 0.6) is 0 Å². The van der Waals surface area contributed by atoms with Crippen molar-refractivity contribution in [3.63, 3.8) is 0 Å². The summed E-state index contributed by atoms with van der Waals surface area (Å²) < 4.78 is 5.42. The summed E-state index contributed by atoms with van der Waals surface area (Å²) in [5, 5.41) is 6.89. The van der Waals surface area contributed by atoms with Crippen molar-refractivity contribution in [1.82, 2.24) is 15.6 Å². The number of carbonyl (C=O) groups is 2. The molecule has 1 unspecified atom stereocenters. The van der Waals surface area contributed by atoms with Gasteiger partial charge in [-0.05, 0) is 25.2 Å². The molecular formula is C15H24N4O3. The molecule has 7 heteroatoms. The van der Waals surface area contributed by atoms with Crippen LogP contribution < -0.4 is 10.7 Å². The second-order valence-corrected chi connectivity index (χ2v) is 6.37. The Morgan fingerprint density at radius 3 is 2.77 bits per heavy atom. The van der Waals surface area contributed by atoms with Crippen LogP contribution in [0.15, 0.2) is 5.10 Å². The third-order valence-corrected chi connectivity index (χ3v) is 4.63. The van der Waals surface area contributed by atoms with Crippen LogP contribution in [-0.4, -0.2) is 61.3 Å². The Bertz CT molecular complexity index is 452. The van der Waals surface area contributed by atoms with E-state index < -0.39 is 0 Å². The number of hydrogen-bond donors (Lipinski definition) is 2. The summed E-state index contributed by atoms with van der Waals surface area (Å²) in [6.45, 7) is 4.94. The van der Waals surface area contributed by atoms with Crippen molar-refractivity contribution in [1.29, 1.82) is 0 Å². The average molecular weight is 308 g/mol. The van der Waals surface area contributed by atoms with E-state index in [1.54, 1.807) is 0 Å². The van der Waals surface area contributed by atoms with Gasteiger partial charge >= 0.3 is 0 Å². The molecule has 3 rings (SSSR count). The van der Waals surface area contributed by atoms with Crippen molar-refractivity contribution in [2.75, 3.05) is 32.8 Å². The van der Waals surface area contributed by atoms with Gasteiger partial charge in [-0.2, -0.15) is 5.10 Å². The van der Waals surface area contributed by atoms with E-state index in [4.69, 9.17) is 4.74 Å². The molecule has 0 radical (unpaired) electrons. The molecule has 2 N–H and O–H groups in total. The van der Waals surface area contributed by atoms with Crippen molar-refractivity contribution in [2.45, 2.75) is 38.1 Å². The van der Waals surface area contributed by atoms with Gasteiger partial charge in [0.25, 0.3) is 5.91 Å². The van der Waals surface area contributed by atoms with Crippen LogP contribution in [0, 0.1) is 5.92 Å². The fourth-order valence-electron chi connectivity index (χ4n) is 3.26. The number of hydrazone groups is 1. The average Bonchev–Trinajstić information content (AvgIpc) is 3.03. The van der Waals surface area contributed by atoms with Gasteiger partial charge in [-0.25, -0.2) is 5.43 Å². The maximum atomic E-state index is 12.1. The Hall–Kier alpha value is -1.47. The highest BCUT2D eigenvalue weighted by Crippen LogP contribution is 2.17. The third kappa shape index (κ3) is 4.04. The first-order chi connectivity index (χ1) is 10.7. The van der Waals surface area contributed by atoms with E-state index in [9.17, 15) is 9.59 Å². The van der Waals surface area contributed by atoms with Crippen LogP contribution in [0.25, 0.3) is 0 Å². The summed E-state index contributed by atoms with van der Waals surface area (Å²) in [6.07, 6.45) is 3.88. The zero-order chi connectivity index (χ0) is 15.4. The molecule has 0 aromatic heterocycles. The summed E-state index contributed by atoms with van der Waals surface area (Å²) in [4.78, 5) is 25.6. The maximum absolute atomic E-state index is 12.1. The number of hydrogen-bond acceptors (Lipinski definition) is 5. The summed E-state index contributed by atoms with van der Waals surface area (Å²) in [5.41, 5.74) is 2.80. The summed E-state index contributed by atoms with van der Waals surface area (Å²) in [5.74, 6) is 0.412. The topological polar surface area (TPSA) is 83.0 Å². The van der Waals surface area contributed by atoms with E-state index in [0.29, 0.717) is 24.5 Å². The Kier molecular flexibility index (Phi) is 5.04. The molecule has 0 aliphatic carbocycles. The fraction of sp³-hybridized carbons (Fsp3) is 0.800. The van der Waals surface area contributed by atoms with E-state index >= 15 is 0 Å². The molecular weight excluding hydrogens is 284 g/mol. The van der Waals surface area contributed by atoms with Crippen molar-refractivity contribution >= 4 is 17.5 Å². The van der Waals surface area contributed by atoms with Crippen LogP contribution in [-0.2, 0) is 14.3 Å². The van der Waals surface area contributed by atoms with Crippen LogP contribution >= 0.6 is 0 Å². The summed E-state index contributed by atoms with van der Waals surface area (Å²) >= 11 is 0. The molecule has 22 heavy (non-hydrogen) atoms. The zero-order valence-electron chi connectivity index (χ0n) is 12.8. The predicted octanol–water partition coefficient (Wildman–Crippen LogP) is -0.130. The minimum absolute atomic E-state index is 0.124. The molecule has 3 aliphatic rings. The number of likely N-dealkylation sites (tertiary alicyclic amines) is 1. The molecule has 3 aliphatic heterocycles. The minimum atomic E-state index is -0.136. The van der Waals surface area contributed by atoms with Gasteiger partial charge in [0.05, 0.1) is 6.61 Å². The minimum Gasteiger partial charge on any atom is -0.381 e. The van der Waals surface area contributed by atoms with Gasteiger partial charge in [-0.15, -0.1) is 0 Å². The molecule has 0 spiro atoms. The number of nitrogens with one attached hydrogen (secondary N) is 2. The van der Waals surface area contributed by atoms with Gasteiger partial charge in [-0.1, -0.05) is 0 Å². The molecule has 3 heterocycles. The second-order valence-electron chi connectivity index (χ2n) is 6.37. The van der Waals surface area contributed by atoms with Crippen molar-refractivity contribution in [3.8, 4) is 0 Å². The van der Waals surface area contributed by atoms with Crippen LogP contribution in [0.1, 0.15) is 32.1 Å². The lowest BCUT2D eigenvalue weighted by atomic mass is 10.0. The van der Waals surface area contributed by atoms with Crippen molar-refractivity contribution in [3.05, 3.63) is 0 Å². The highest BCUT2D eigenvalue weighted by molar-refractivity contribution is 6.39. The van der Waals surface area contributed by atoms with Crippen LogP contribution in [0.2, 0.25) is 0 Å². The van der Waals surface area contributed by atoms with E-state index in [0.717, 1.165) is 45.7 Å². The lowest BCUT2D eigenvalue weighted by molar-refractivity contribution is -0.121. The molecule has 7 nitrogen and oxygen atoms in total. The number of piperidine rings is 1. The van der Waals surface area contributed by atoms with Gasteiger partial charge in [0.15, 0.2) is 0 Å². The normalized spacial score (nSPS) is 27.4. The molecule has 0 aromatic carbocycles. The van der Waals surface area contributed by atoms with Gasteiger partial charge in [0.1, 0.15) is 5.71 Å². The molecule has 2 amide bonds. The first kappa shape index (κ1) is 15.4. The second kappa shape index (κ2) is 7.19. The Labute approximate surface area is 130 Å². The number of carbonyl (C=O) groups excluding carboxylic acids is 2. The van der Waals surface area contributed by atoms with Gasteiger partial charge in [0, 0.05) is 45.1 Å². The molecule has 2 fully saturated rings. The Morgan fingerprint density at radius 1 is 1.32 bits per heavy atom. The van der Waals surface area contributed by atoms with Crippen LogP contribution in [0.4, 0.5) is 0 Å². The van der Waals surface area contributed by atoms with E-state index in [1.165, 1.54) is 6.42 Å². The lowest BCUT2D eigenvalue weighted by Crippen LogP contribution is -2.48. The highest BCUT2D eigenvalue weighted by Gasteiger charge is 2.26. The van der Waals surface area contributed by atoms with Gasteiger partial charge in [-0.3, -0.25) is 9.59 Å². The Balaban J connectivity index is 1.39. The predicted molar refractivity (Wildman–Crippen MR) is 81.3 cm³/mol. The summed E-state index contributed by atoms with van der Waals surface area (Å²) in [6, 6.07) is 0.212. The molecule has 0 bridgehead atoms. The fourth-order valence-corrected chi connectivity index (χ4v) is 3.26. The van der Waals surface area contributed by atoms with Crippen LogP contribution in [0.3, 0.4) is 0 Å². The number of ether oxygens (including phenoxy) is 1. The van der Waals surface area contributed by atoms with E-state index in [2.05, 4.69) is 20.7 Å². The molecule has 0 aromatic rings. The number of rotatable bonds is 4. The Morgan fingerprint density at radius 2 is 2.14 bits per heavy atom. The first-order valence-corrected chi connectivity index (χ1v) is 8.17. The number of amides is 2. The molecule has 1 atom stereocenters. The number of nitrogens with zero attached hydrogens (tertiary/aromatic N) is 2. The van der Waals surface area contributed by atoms with E-state index in [-0.39, 0.29) is 17.9 Å². The molecule has 122 valence electrons. The molecule has 0 saturated carbocycles. The van der Waals surface area contributed by atoms with Gasteiger partial charge in [0.2, 0.25) is 5.91 Å². The van der Waals surface area contributed by atoms with E-state index in [1.807, 2.05) is 0 Å². The van der Waals surface area contributed by atoms with Crippen molar-refractivity contribution in [2.24, 2.45) is 11.0 Å². The first-order valence-electron chi connectivity index (χ1n) is 8.17. The smallest absolute Gasteiger partial charge is 0.267 e. The molecule has 2 saturated heterocycles. The third-order valence-electron chi connectivity index (χ3n) is 4.63. The maximum Gasteiger partial charge on any atom is 0.267 e. The monoisotopic (exact) mass is 308 g/mol. The van der Waals surface area contributed by atoms with Crippen molar-refractivity contribution < 1.29 is 14.3 Å². The lowest BCUT2D eigenvalue weighted by Gasteiger charge is -2.33.